The van der Waals surface area contributed by atoms with E-state index in [2.05, 4.69) is 26.1 Å². The van der Waals surface area contributed by atoms with Crippen LogP contribution in [0.3, 0.4) is 0 Å². The molecule has 0 radical (unpaired) electrons. The molecule has 3 N–H and O–H groups in total. The van der Waals surface area contributed by atoms with E-state index in [9.17, 15) is 0 Å². The van der Waals surface area contributed by atoms with Crippen LogP contribution in [0.25, 0.3) is 0 Å². The molecule has 0 heterocycles. The lowest BCUT2D eigenvalue weighted by Gasteiger charge is -2.44. The zero-order valence-corrected chi connectivity index (χ0v) is 14.4. The second kappa shape index (κ2) is 4.85. The molecule has 0 aliphatic heterocycles. The van der Waals surface area contributed by atoms with Crippen molar-refractivity contribution in [3.63, 3.8) is 0 Å². The van der Waals surface area contributed by atoms with Crippen LogP contribution in [0.4, 0.5) is 5.69 Å². The van der Waals surface area contributed by atoms with Crippen LogP contribution in [0.15, 0.2) is 18.2 Å². The van der Waals surface area contributed by atoms with Crippen LogP contribution in [0.5, 0.6) is 0 Å². The summed E-state index contributed by atoms with van der Waals surface area (Å²) in [5.74, 6) is 0.799. The summed E-state index contributed by atoms with van der Waals surface area (Å²) in [6.07, 6.45) is 3.95. The monoisotopic (exact) mass is 322 g/mol. The molecule has 2 aliphatic rings. The van der Waals surface area contributed by atoms with Crippen LogP contribution in [0.1, 0.15) is 45.6 Å². The molecule has 2 fully saturated rings. The molecule has 1 aromatic carbocycles. The highest BCUT2D eigenvalue weighted by molar-refractivity contribution is 7.80. The topological polar surface area (TPSA) is 38.0 Å². The van der Waals surface area contributed by atoms with Gasteiger partial charge in [-0.05, 0) is 54.2 Å². The molecule has 1 aromatic rings. The first-order valence-electron chi connectivity index (χ1n) is 7.60. The maximum atomic E-state index is 6.17. The minimum Gasteiger partial charge on any atom is -0.389 e. The summed E-state index contributed by atoms with van der Waals surface area (Å²) in [5.41, 5.74) is 8.36. The lowest BCUT2D eigenvalue weighted by molar-refractivity contribution is 0.155. The lowest BCUT2D eigenvalue weighted by atomic mass is 9.68. The Morgan fingerprint density at radius 3 is 2.67 bits per heavy atom. The second-order valence-corrected chi connectivity index (χ2v) is 8.42. The number of halogens is 1. The third kappa shape index (κ3) is 2.35. The highest BCUT2D eigenvalue weighted by atomic mass is 35.5. The third-order valence-corrected chi connectivity index (χ3v) is 6.27. The van der Waals surface area contributed by atoms with E-state index in [4.69, 9.17) is 29.6 Å². The highest BCUT2D eigenvalue weighted by Crippen LogP contribution is 2.63. The molecule has 0 spiro atoms. The number of thiocarbonyl (C=S) groups is 1. The summed E-state index contributed by atoms with van der Waals surface area (Å²) in [5, 5.41) is 4.45. The molecular formula is C17H23ClN2S. The van der Waals surface area contributed by atoms with Gasteiger partial charge in [-0.1, -0.05) is 44.6 Å². The summed E-state index contributed by atoms with van der Waals surface area (Å²) in [6.45, 7) is 7.17. The Kier molecular flexibility index (Phi) is 3.49. The normalized spacial score (nSPS) is 33.1. The smallest absolute Gasteiger partial charge is 0.106 e. The number of nitrogens with two attached hydrogens (primary N) is 1. The molecule has 0 amide bonds. The van der Waals surface area contributed by atoms with Gasteiger partial charge in [0, 0.05) is 22.3 Å². The van der Waals surface area contributed by atoms with E-state index in [0.717, 1.165) is 17.2 Å². The van der Waals surface area contributed by atoms with Gasteiger partial charge in [0.15, 0.2) is 0 Å². The molecule has 0 saturated heterocycles. The van der Waals surface area contributed by atoms with Gasteiger partial charge < -0.3 is 11.1 Å². The van der Waals surface area contributed by atoms with Gasteiger partial charge in [-0.25, -0.2) is 0 Å². The van der Waals surface area contributed by atoms with Crippen molar-refractivity contribution in [2.75, 3.05) is 5.32 Å². The minimum atomic E-state index is 0.281. The van der Waals surface area contributed by atoms with E-state index < -0.39 is 0 Å². The summed E-state index contributed by atoms with van der Waals surface area (Å²) in [4.78, 5) is 0.417. The number of nitrogens with one attached hydrogen (secondary N) is 1. The van der Waals surface area contributed by atoms with Crippen molar-refractivity contribution in [3.05, 3.63) is 28.8 Å². The number of benzene rings is 1. The van der Waals surface area contributed by atoms with Crippen LogP contribution in [0.2, 0.25) is 5.02 Å². The first kappa shape index (κ1) is 15.1. The SMILES string of the molecule is CC12CCC(C1)C(C)(C)C2Nc1cc(Cl)ccc1C(N)=S. The van der Waals surface area contributed by atoms with Gasteiger partial charge in [0.25, 0.3) is 0 Å². The fraction of sp³-hybridized carbons (Fsp3) is 0.588. The average molecular weight is 323 g/mol. The standard InChI is InChI=1S/C17H23ClN2S/c1-16(2)10-6-7-17(3,9-10)15(16)20-13-8-11(18)4-5-12(13)14(19)21/h4-5,8,10,15,20H,6-7,9H2,1-3H3,(H2,19,21). The van der Waals surface area contributed by atoms with Crippen LogP contribution >= 0.6 is 23.8 Å². The van der Waals surface area contributed by atoms with Gasteiger partial charge >= 0.3 is 0 Å². The Labute approximate surface area is 137 Å². The molecule has 0 aromatic heterocycles. The van der Waals surface area contributed by atoms with Gasteiger partial charge in [-0.2, -0.15) is 0 Å². The van der Waals surface area contributed by atoms with Crippen molar-refractivity contribution in [1.82, 2.24) is 0 Å². The Bertz CT molecular complexity index is 594. The van der Waals surface area contributed by atoms with Crippen LogP contribution in [-0.2, 0) is 0 Å². The van der Waals surface area contributed by atoms with Crippen molar-refractivity contribution in [2.24, 2.45) is 22.5 Å². The fourth-order valence-corrected chi connectivity index (χ4v) is 5.02. The lowest BCUT2D eigenvalue weighted by Crippen LogP contribution is -2.46. The Balaban J connectivity index is 1.97. The zero-order chi connectivity index (χ0) is 15.4. The van der Waals surface area contributed by atoms with E-state index in [1.807, 2.05) is 18.2 Å². The van der Waals surface area contributed by atoms with Gasteiger partial charge in [0.1, 0.15) is 4.99 Å². The van der Waals surface area contributed by atoms with Gasteiger partial charge in [0.05, 0.1) is 0 Å². The Morgan fingerprint density at radius 2 is 2.10 bits per heavy atom. The van der Waals surface area contributed by atoms with Crippen molar-refractivity contribution < 1.29 is 0 Å². The quantitative estimate of drug-likeness (QED) is 0.799. The number of hydrogen-bond donors (Lipinski definition) is 2. The summed E-state index contributed by atoms with van der Waals surface area (Å²) >= 11 is 11.3. The van der Waals surface area contributed by atoms with E-state index in [-0.39, 0.29) is 5.41 Å². The Morgan fingerprint density at radius 1 is 1.38 bits per heavy atom. The molecule has 4 heteroatoms. The maximum Gasteiger partial charge on any atom is 0.106 e. The van der Waals surface area contributed by atoms with E-state index in [0.29, 0.717) is 21.5 Å². The summed E-state index contributed by atoms with van der Waals surface area (Å²) < 4.78 is 0. The van der Waals surface area contributed by atoms with Crippen molar-refractivity contribution in [1.29, 1.82) is 0 Å². The number of rotatable bonds is 3. The van der Waals surface area contributed by atoms with Crippen LogP contribution in [-0.4, -0.2) is 11.0 Å². The van der Waals surface area contributed by atoms with E-state index in [1.165, 1.54) is 19.3 Å². The molecular weight excluding hydrogens is 300 g/mol. The molecule has 3 rings (SSSR count). The van der Waals surface area contributed by atoms with Crippen molar-refractivity contribution in [3.8, 4) is 0 Å². The predicted molar refractivity (Wildman–Crippen MR) is 94.0 cm³/mol. The highest BCUT2D eigenvalue weighted by Gasteiger charge is 2.59. The Hall–Kier alpha value is -0.800. The van der Waals surface area contributed by atoms with Gasteiger partial charge in [0.2, 0.25) is 0 Å². The molecule has 3 atom stereocenters. The average Bonchev–Trinajstić information content (AvgIpc) is 2.85. The number of fused-ring (bicyclic) bond motifs is 2. The third-order valence-electron chi connectivity index (χ3n) is 5.82. The summed E-state index contributed by atoms with van der Waals surface area (Å²) in [7, 11) is 0. The van der Waals surface area contributed by atoms with E-state index >= 15 is 0 Å². The van der Waals surface area contributed by atoms with Crippen molar-refractivity contribution >= 4 is 34.5 Å². The molecule has 114 valence electrons. The minimum absolute atomic E-state index is 0.281. The van der Waals surface area contributed by atoms with Crippen LogP contribution in [0, 0.1) is 16.7 Å². The van der Waals surface area contributed by atoms with Gasteiger partial charge in [-0.3, -0.25) is 0 Å². The van der Waals surface area contributed by atoms with Crippen molar-refractivity contribution in [2.45, 2.75) is 46.1 Å². The maximum absolute atomic E-state index is 6.17. The van der Waals surface area contributed by atoms with Gasteiger partial charge in [-0.15, -0.1) is 0 Å². The largest absolute Gasteiger partial charge is 0.389 e. The molecule has 2 saturated carbocycles. The molecule has 2 aliphatic carbocycles. The second-order valence-electron chi connectivity index (χ2n) is 7.55. The first-order valence-corrected chi connectivity index (χ1v) is 8.38. The molecule has 2 bridgehead atoms. The first-order chi connectivity index (χ1) is 9.74. The molecule has 3 unspecified atom stereocenters. The number of hydrogen-bond acceptors (Lipinski definition) is 2. The number of anilines is 1. The molecule has 21 heavy (non-hydrogen) atoms. The zero-order valence-electron chi connectivity index (χ0n) is 12.9. The predicted octanol–water partition coefficient (Wildman–Crippen LogP) is 4.60. The van der Waals surface area contributed by atoms with E-state index in [1.54, 1.807) is 0 Å². The fourth-order valence-electron chi connectivity index (χ4n) is 4.67. The van der Waals surface area contributed by atoms with Crippen LogP contribution < -0.4 is 11.1 Å². The molecule has 2 nitrogen and oxygen atoms in total. The summed E-state index contributed by atoms with van der Waals surface area (Å²) in [6, 6.07) is 6.13.